The number of benzene rings is 2. The van der Waals surface area contributed by atoms with Crippen LogP contribution in [0.5, 0.6) is 0 Å². The van der Waals surface area contributed by atoms with Gasteiger partial charge in [0.1, 0.15) is 17.7 Å². The number of fused-ring (bicyclic) bond motifs is 1. The van der Waals surface area contributed by atoms with E-state index in [0.29, 0.717) is 54.9 Å². The Morgan fingerprint density at radius 2 is 1.82 bits per heavy atom. The molecule has 1 spiro atoms. The minimum Gasteiger partial charge on any atom is -0.455 e. The molecule has 3 aliphatic heterocycles. The van der Waals surface area contributed by atoms with Gasteiger partial charge in [-0.15, -0.1) is 13.2 Å². The maximum Gasteiger partial charge on any atom is 0.313 e. The molecule has 3 fully saturated rings. The van der Waals surface area contributed by atoms with E-state index in [0.717, 1.165) is 12.8 Å². The molecule has 0 aromatic heterocycles. The van der Waals surface area contributed by atoms with Crippen LogP contribution < -0.4 is 10.2 Å². The van der Waals surface area contributed by atoms with Gasteiger partial charge in [0.15, 0.2) is 0 Å². The Balaban J connectivity index is 1.46. The van der Waals surface area contributed by atoms with E-state index in [4.69, 9.17) is 21.1 Å². The summed E-state index contributed by atoms with van der Waals surface area (Å²) in [4.78, 5) is 59.4. The minimum absolute atomic E-state index is 0.0899. The highest BCUT2D eigenvalue weighted by molar-refractivity contribution is 6.30. The van der Waals surface area contributed by atoms with Crippen molar-refractivity contribution >= 4 is 41.0 Å². The Morgan fingerprint density at radius 1 is 1.10 bits per heavy atom. The summed E-state index contributed by atoms with van der Waals surface area (Å²) in [5, 5.41) is 12.7. The van der Waals surface area contributed by atoms with Crippen molar-refractivity contribution in [1.82, 2.24) is 10.2 Å². The number of hydrogen-bond acceptors (Lipinski definition) is 7. The summed E-state index contributed by atoms with van der Waals surface area (Å²) in [6, 6.07) is 14.6. The van der Waals surface area contributed by atoms with Crippen LogP contribution in [0, 0.1) is 11.8 Å². The van der Waals surface area contributed by atoms with Gasteiger partial charge in [0.05, 0.1) is 24.0 Å². The van der Waals surface area contributed by atoms with Gasteiger partial charge >= 0.3 is 5.97 Å². The van der Waals surface area contributed by atoms with Gasteiger partial charge in [0.2, 0.25) is 11.8 Å². The van der Waals surface area contributed by atoms with Crippen LogP contribution in [0.2, 0.25) is 5.02 Å². The summed E-state index contributed by atoms with van der Waals surface area (Å²) in [6.45, 7) is 9.92. The highest BCUT2D eigenvalue weighted by atomic mass is 35.5. The largest absolute Gasteiger partial charge is 0.455 e. The van der Waals surface area contributed by atoms with Crippen molar-refractivity contribution < 1.29 is 33.8 Å². The summed E-state index contributed by atoms with van der Waals surface area (Å²) in [7, 11) is 0. The lowest BCUT2D eigenvalue weighted by Crippen LogP contribution is -2.56. The topological polar surface area (TPSA) is 125 Å². The predicted molar refractivity (Wildman–Crippen MR) is 191 cm³/mol. The number of anilines is 1. The van der Waals surface area contributed by atoms with Crippen LogP contribution in [0.25, 0.3) is 0 Å². The second kappa shape index (κ2) is 16.8. The standard InChI is InChI=1S/C39H48ClN3O7/c1-4-6-16-31(45)41-26(3)34(27-14-10-9-11-15-27)49-38(48)32-30-21-22-39(50-30)33(32)36(46)43(24-12-7-8-13-25-44)35(39)37(47)42(23-5-2)29-19-17-28(40)18-20-29/h4-5,9-11,14-15,17-20,26,30,32-35,44H,1-2,6-8,12-13,16,21-25H2,3H3,(H,41,45)/t26-,30-,32+,33+,34-,35-,39+/m0/s1. The third kappa shape index (κ3) is 7.67. The Morgan fingerprint density at radius 3 is 2.50 bits per heavy atom. The van der Waals surface area contributed by atoms with E-state index in [1.165, 1.54) is 0 Å². The number of aliphatic hydroxyl groups excluding tert-OH is 1. The number of unbranched alkanes of at least 4 members (excludes halogenated alkanes) is 3. The third-order valence-electron chi connectivity index (χ3n) is 10.1. The molecule has 3 saturated heterocycles. The molecule has 5 rings (SSSR count). The third-order valence-corrected chi connectivity index (χ3v) is 10.4. The van der Waals surface area contributed by atoms with Gasteiger partial charge in [0.25, 0.3) is 5.91 Å². The first-order valence-electron chi connectivity index (χ1n) is 17.6. The van der Waals surface area contributed by atoms with E-state index in [9.17, 15) is 24.3 Å². The lowest BCUT2D eigenvalue weighted by Gasteiger charge is -2.37. The lowest BCUT2D eigenvalue weighted by molar-refractivity contribution is -0.162. The SMILES string of the molecule is C=CCCC(=O)N[C@@H](C)[C@H](OC(=O)[C@@H]1[C@@H]2CC[C@]3(O2)[C@H](C(=O)N(CC=C)c2ccc(Cl)cc2)N(CCCCCCO)C(=O)[C@@H]13)c1ccccc1. The first-order valence-corrected chi connectivity index (χ1v) is 18.0. The van der Waals surface area contributed by atoms with Gasteiger partial charge in [-0.25, -0.2) is 0 Å². The number of halogens is 1. The highest BCUT2D eigenvalue weighted by Crippen LogP contribution is 2.59. The maximum absolute atomic E-state index is 14.7. The zero-order chi connectivity index (χ0) is 35.8. The van der Waals surface area contributed by atoms with Crippen LogP contribution in [-0.2, 0) is 28.7 Å². The molecule has 3 aliphatic rings. The van der Waals surface area contributed by atoms with Gasteiger partial charge < -0.3 is 29.7 Å². The number of nitrogens with one attached hydrogen (secondary N) is 1. The van der Waals surface area contributed by atoms with Crippen LogP contribution in [0.15, 0.2) is 79.9 Å². The van der Waals surface area contributed by atoms with E-state index in [1.54, 1.807) is 53.1 Å². The first kappa shape index (κ1) is 37.3. The van der Waals surface area contributed by atoms with E-state index in [2.05, 4.69) is 18.5 Å². The fourth-order valence-electron chi connectivity index (χ4n) is 7.85. The number of carbonyl (C=O) groups is 4. The monoisotopic (exact) mass is 705 g/mol. The number of esters is 1. The highest BCUT2D eigenvalue weighted by Gasteiger charge is 2.75. The van der Waals surface area contributed by atoms with Crippen molar-refractivity contribution in [2.45, 2.75) is 88.2 Å². The molecular weight excluding hydrogens is 658 g/mol. The van der Waals surface area contributed by atoms with Gasteiger partial charge in [-0.05, 0) is 68.9 Å². The molecule has 3 heterocycles. The Bertz CT molecular complexity index is 1540. The quantitative estimate of drug-likeness (QED) is 0.119. The van der Waals surface area contributed by atoms with Gasteiger partial charge in [-0.2, -0.15) is 0 Å². The van der Waals surface area contributed by atoms with Crippen LogP contribution in [0.4, 0.5) is 5.69 Å². The molecule has 50 heavy (non-hydrogen) atoms. The summed E-state index contributed by atoms with van der Waals surface area (Å²) in [5.41, 5.74) is 0.0917. The molecule has 0 aliphatic carbocycles. The molecule has 11 heteroatoms. The summed E-state index contributed by atoms with van der Waals surface area (Å²) in [5.74, 6) is -3.23. The molecule has 0 saturated carbocycles. The average Bonchev–Trinajstić information content (AvgIpc) is 3.76. The second-order valence-corrected chi connectivity index (χ2v) is 13.8. The number of amides is 3. The number of allylic oxidation sites excluding steroid dienone is 1. The predicted octanol–water partition coefficient (Wildman–Crippen LogP) is 5.54. The first-order chi connectivity index (χ1) is 24.2. The molecule has 2 aromatic carbocycles. The Hall–Kier alpha value is -3.99. The summed E-state index contributed by atoms with van der Waals surface area (Å²) < 4.78 is 12.9. The number of hydrogen-bond donors (Lipinski definition) is 2. The summed E-state index contributed by atoms with van der Waals surface area (Å²) >= 11 is 6.16. The van der Waals surface area contributed by atoms with E-state index in [1.807, 2.05) is 30.3 Å². The normalized spacial score (nSPS) is 24.7. The number of likely N-dealkylation sites (tertiary alicyclic amines) is 1. The minimum atomic E-state index is -1.22. The number of nitrogens with zero attached hydrogens (tertiary/aromatic N) is 2. The molecule has 268 valence electrons. The van der Waals surface area contributed by atoms with Crippen molar-refractivity contribution in [3.63, 3.8) is 0 Å². The van der Waals surface area contributed by atoms with Crippen molar-refractivity contribution in [3.05, 3.63) is 90.5 Å². The fourth-order valence-corrected chi connectivity index (χ4v) is 7.97. The van der Waals surface area contributed by atoms with Crippen molar-refractivity contribution in [2.75, 3.05) is 24.6 Å². The lowest BCUT2D eigenvalue weighted by atomic mass is 9.70. The van der Waals surface area contributed by atoms with Crippen molar-refractivity contribution in [2.24, 2.45) is 11.8 Å². The smallest absolute Gasteiger partial charge is 0.313 e. The van der Waals surface area contributed by atoms with Gasteiger partial charge in [-0.1, -0.05) is 66.9 Å². The number of carbonyl (C=O) groups excluding carboxylic acids is 4. The molecule has 7 atom stereocenters. The number of aliphatic hydroxyl groups is 1. The zero-order valence-corrected chi connectivity index (χ0v) is 29.4. The second-order valence-electron chi connectivity index (χ2n) is 13.4. The van der Waals surface area contributed by atoms with Crippen LogP contribution in [0.1, 0.15) is 70.0 Å². The summed E-state index contributed by atoms with van der Waals surface area (Å²) in [6.07, 6.45) is 6.41. The van der Waals surface area contributed by atoms with Crippen LogP contribution in [0.3, 0.4) is 0 Å². The molecule has 2 bridgehead atoms. The molecule has 10 nitrogen and oxygen atoms in total. The molecule has 0 unspecified atom stereocenters. The van der Waals surface area contributed by atoms with Crippen LogP contribution >= 0.6 is 11.6 Å². The molecule has 3 amide bonds. The van der Waals surface area contributed by atoms with E-state index < -0.39 is 47.7 Å². The maximum atomic E-state index is 14.7. The zero-order valence-electron chi connectivity index (χ0n) is 28.7. The molecular formula is C39H48ClN3O7. The van der Waals surface area contributed by atoms with E-state index in [-0.39, 0.29) is 37.3 Å². The van der Waals surface area contributed by atoms with Gasteiger partial charge in [-0.3, -0.25) is 19.2 Å². The van der Waals surface area contributed by atoms with E-state index >= 15 is 0 Å². The molecule has 2 aromatic rings. The Labute approximate surface area is 299 Å². The number of rotatable bonds is 18. The Kier molecular flexibility index (Phi) is 12.5. The average molecular weight is 706 g/mol. The van der Waals surface area contributed by atoms with Crippen molar-refractivity contribution in [3.8, 4) is 0 Å². The van der Waals surface area contributed by atoms with Gasteiger partial charge in [0, 0.05) is 36.8 Å². The molecule has 0 radical (unpaired) electrons. The van der Waals surface area contributed by atoms with Crippen molar-refractivity contribution in [1.29, 1.82) is 0 Å². The molecule has 2 N–H and O–H groups in total. The number of ether oxygens (including phenoxy) is 2. The van der Waals surface area contributed by atoms with Crippen LogP contribution in [-0.4, -0.2) is 77.2 Å². The fraction of sp³-hybridized carbons (Fsp3) is 0.487.